The number of hydrogen-bond acceptors (Lipinski definition) is 6. The highest BCUT2D eigenvalue weighted by Gasteiger charge is 2.37. The lowest BCUT2D eigenvalue weighted by molar-refractivity contribution is -0.128. The van der Waals surface area contributed by atoms with Gasteiger partial charge in [-0.2, -0.15) is 0 Å². The standard InChI is InChI=1S/C30H35N5O4/c1-7-20-15-17-21(18-16-20)35(26(36)19-34-24-13-9-8-12-23(24)32-33-34)27(29(37)31-30(2,3)4)22-11-10-14-25(38-5)28(22)39-6/h8-18,27H,7,19H2,1-6H3,(H,31,37)/t27-/m1/s1. The van der Waals surface area contributed by atoms with Crippen molar-refractivity contribution in [2.24, 2.45) is 0 Å². The van der Waals surface area contributed by atoms with Crippen molar-refractivity contribution in [1.29, 1.82) is 0 Å². The SMILES string of the molecule is CCc1ccc(N(C(=O)Cn2nnc3ccccc32)[C@@H](C(=O)NC(C)(C)C)c2cccc(OC)c2OC)cc1. The molecule has 0 spiro atoms. The van der Waals surface area contributed by atoms with Crippen LogP contribution in [0.2, 0.25) is 0 Å². The molecule has 3 aromatic carbocycles. The lowest BCUT2D eigenvalue weighted by Gasteiger charge is -2.34. The lowest BCUT2D eigenvalue weighted by Crippen LogP contribution is -2.50. The predicted molar refractivity (Wildman–Crippen MR) is 151 cm³/mol. The summed E-state index contributed by atoms with van der Waals surface area (Å²) in [5.41, 5.74) is 3.03. The zero-order valence-corrected chi connectivity index (χ0v) is 23.3. The number of aryl methyl sites for hydroxylation is 1. The molecule has 204 valence electrons. The predicted octanol–water partition coefficient (Wildman–Crippen LogP) is 4.70. The average molecular weight is 530 g/mol. The molecule has 4 rings (SSSR count). The van der Waals surface area contributed by atoms with Crippen LogP contribution in [-0.2, 0) is 22.6 Å². The van der Waals surface area contributed by atoms with Crippen LogP contribution in [0.3, 0.4) is 0 Å². The van der Waals surface area contributed by atoms with Gasteiger partial charge in [0.2, 0.25) is 11.8 Å². The number of methoxy groups -OCH3 is 2. The van der Waals surface area contributed by atoms with Gasteiger partial charge in [0.15, 0.2) is 11.5 Å². The number of anilines is 1. The summed E-state index contributed by atoms with van der Waals surface area (Å²) in [5, 5.41) is 11.5. The summed E-state index contributed by atoms with van der Waals surface area (Å²) in [7, 11) is 3.05. The van der Waals surface area contributed by atoms with Crippen molar-refractivity contribution in [3.05, 3.63) is 77.9 Å². The molecule has 0 unspecified atom stereocenters. The first-order valence-electron chi connectivity index (χ1n) is 12.9. The Morgan fingerprint density at radius 1 is 0.974 bits per heavy atom. The molecule has 0 bridgehead atoms. The summed E-state index contributed by atoms with van der Waals surface area (Å²) < 4.78 is 12.8. The smallest absolute Gasteiger partial charge is 0.249 e. The normalized spacial score (nSPS) is 12.2. The van der Waals surface area contributed by atoms with Crippen molar-refractivity contribution >= 4 is 28.5 Å². The molecular weight excluding hydrogens is 494 g/mol. The molecule has 0 saturated carbocycles. The van der Waals surface area contributed by atoms with Crippen LogP contribution in [0.25, 0.3) is 11.0 Å². The number of carbonyl (C=O) groups excluding carboxylic acids is 2. The Morgan fingerprint density at radius 2 is 1.69 bits per heavy atom. The molecule has 0 aliphatic heterocycles. The first kappa shape index (κ1) is 27.6. The number of ether oxygens (including phenoxy) is 2. The third-order valence-electron chi connectivity index (χ3n) is 6.33. The maximum Gasteiger partial charge on any atom is 0.249 e. The van der Waals surface area contributed by atoms with Crippen LogP contribution in [0.15, 0.2) is 66.7 Å². The van der Waals surface area contributed by atoms with Crippen molar-refractivity contribution in [3.8, 4) is 11.5 Å². The van der Waals surface area contributed by atoms with Crippen molar-refractivity contribution in [2.75, 3.05) is 19.1 Å². The summed E-state index contributed by atoms with van der Waals surface area (Å²) in [6, 6.07) is 19.3. The van der Waals surface area contributed by atoms with Crippen molar-refractivity contribution in [1.82, 2.24) is 20.3 Å². The Morgan fingerprint density at radius 3 is 2.33 bits per heavy atom. The molecule has 9 nitrogen and oxygen atoms in total. The third kappa shape index (κ3) is 6.03. The topological polar surface area (TPSA) is 98.6 Å². The number of carbonyl (C=O) groups is 2. The molecule has 0 fully saturated rings. The summed E-state index contributed by atoms with van der Waals surface area (Å²) in [6.45, 7) is 7.63. The Kier molecular flexibility index (Phi) is 8.18. The van der Waals surface area contributed by atoms with Crippen LogP contribution in [0.1, 0.15) is 44.9 Å². The number of para-hydroxylation sites is 2. The van der Waals surface area contributed by atoms with Crippen LogP contribution in [0, 0.1) is 0 Å². The highest BCUT2D eigenvalue weighted by atomic mass is 16.5. The fraction of sp³-hybridized carbons (Fsp3) is 0.333. The van der Waals surface area contributed by atoms with Gasteiger partial charge in [0.25, 0.3) is 0 Å². The second kappa shape index (κ2) is 11.6. The van der Waals surface area contributed by atoms with Crippen LogP contribution in [0.5, 0.6) is 11.5 Å². The second-order valence-electron chi connectivity index (χ2n) is 10.2. The molecule has 1 N–H and O–H groups in total. The Balaban J connectivity index is 1.90. The molecule has 1 atom stereocenters. The minimum Gasteiger partial charge on any atom is -0.493 e. The molecular formula is C30H35N5O4. The van der Waals surface area contributed by atoms with E-state index in [9.17, 15) is 9.59 Å². The number of rotatable bonds is 9. The van der Waals surface area contributed by atoms with Gasteiger partial charge >= 0.3 is 0 Å². The maximum atomic E-state index is 14.2. The van der Waals surface area contributed by atoms with Gasteiger partial charge < -0.3 is 14.8 Å². The number of nitrogens with zero attached hydrogens (tertiary/aromatic N) is 4. The van der Waals surface area contributed by atoms with Crippen LogP contribution >= 0.6 is 0 Å². The molecule has 0 radical (unpaired) electrons. The average Bonchev–Trinajstić information content (AvgIpc) is 3.32. The number of hydrogen-bond donors (Lipinski definition) is 1. The van der Waals surface area contributed by atoms with Crippen molar-refractivity contribution in [3.63, 3.8) is 0 Å². The van der Waals surface area contributed by atoms with E-state index < -0.39 is 11.6 Å². The number of nitrogens with one attached hydrogen (secondary N) is 1. The maximum absolute atomic E-state index is 14.2. The Bertz CT molecular complexity index is 1460. The minimum atomic E-state index is -1.07. The number of aromatic nitrogens is 3. The fourth-order valence-corrected chi connectivity index (χ4v) is 4.53. The van der Waals surface area contributed by atoms with E-state index in [1.54, 1.807) is 22.9 Å². The highest BCUT2D eigenvalue weighted by Crippen LogP contribution is 2.39. The van der Waals surface area contributed by atoms with Crippen LogP contribution < -0.4 is 19.7 Å². The third-order valence-corrected chi connectivity index (χ3v) is 6.33. The first-order chi connectivity index (χ1) is 18.7. The molecule has 1 aromatic heterocycles. The van der Waals surface area contributed by atoms with Crippen LogP contribution in [0.4, 0.5) is 5.69 Å². The molecule has 4 aromatic rings. The second-order valence-corrected chi connectivity index (χ2v) is 10.2. The summed E-state index contributed by atoms with van der Waals surface area (Å²) in [4.78, 5) is 29.8. The number of fused-ring (bicyclic) bond motifs is 1. The van der Waals surface area contributed by atoms with E-state index in [2.05, 4.69) is 22.6 Å². The minimum absolute atomic E-state index is 0.123. The van der Waals surface area contributed by atoms with Gasteiger partial charge in [0.05, 0.1) is 19.7 Å². The number of amides is 2. The molecule has 0 saturated heterocycles. The lowest BCUT2D eigenvalue weighted by atomic mass is 9.99. The fourth-order valence-electron chi connectivity index (χ4n) is 4.53. The van der Waals surface area contributed by atoms with E-state index in [1.165, 1.54) is 19.1 Å². The van der Waals surface area contributed by atoms with Gasteiger partial charge in [-0.1, -0.05) is 48.5 Å². The summed E-state index contributed by atoms with van der Waals surface area (Å²) in [6.07, 6.45) is 0.844. The highest BCUT2D eigenvalue weighted by molar-refractivity contribution is 6.02. The van der Waals surface area contributed by atoms with Gasteiger partial charge in [-0.15, -0.1) is 5.10 Å². The molecule has 2 amide bonds. The van der Waals surface area contributed by atoms with E-state index in [4.69, 9.17) is 9.47 Å². The van der Waals surface area contributed by atoms with E-state index >= 15 is 0 Å². The molecule has 0 aliphatic carbocycles. The summed E-state index contributed by atoms with van der Waals surface area (Å²) >= 11 is 0. The zero-order chi connectivity index (χ0) is 28.2. The Labute approximate surface area is 228 Å². The van der Waals surface area contributed by atoms with Gasteiger partial charge in [0, 0.05) is 16.8 Å². The van der Waals surface area contributed by atoms with E-state index in [0.29, 0.717) is 28.3 Å². The van der Waals surface area contributed by atoms with E-state index in [0.717, 1.165) is 17.5 Å². The van der Waals surface area contributed by atoms with E-state index in [1.807, 2.05) is 69.3 Å². The van der Waals surface area contributed by atoms with Gasteiger partial charge in [-0.05, 0) is 63.1 Å². The monoisotopic (exact) mass is 529 g/mol. The van der Waals surface area contributed by atoms with Gasteiger partial charge in [0.1, 0.15) is 18.1 Å². The quantitative estimate of drug-likeness (QED) is 0.338. The zero-order valence-electron chi connectivity index (χ0n) is 23.3. The van der Waals surface area contributed by atoms with E-state index in [-0.39, 0.29) is 18.4 Å². The van der Waals surface area contributed by atoms with Crippen LogP contribution in [-0.4, -0.2) is 46.6 Å². The molecule has 9 heteroatoms. The number of benzene rings is 3. The largest absolute Gasteiger partial charge is 0.493 e. The first-order valence-corrected chi connectivity index (χ1v) is 12.9. The van der Waals surface area contributed by atoms with Crippen molar-refractivity contribution < 1.29 is 19.1 Å². The Hall–Kier alpha value is -4.40. The molecule has 39 heavy (non-hydrogen) atoms. The summed E-state index contributed by atoms with van der Waals surface area (Å²) in [5.74, 6) is 0.141. The van der Waals surface area contributed by atoms with Gasteiger partial charge in [-0.25, -0.2) is 4.68 Å². The van der Waals surface area contributed by atoms with Gasteiger partial charge in [-0.3, -0.25) is 14.5 Å². The van der Waals surface area contributed by atoms with Crippen molar-refractivity contribution in [2.45, 2.75) is 52.2 Å². The molecule has 1 heterocycles. The molecule has 0 aliphatic rings.